The van der Waals surface area contributed by atoms with Crippen molar-refractivity contribution in [1.82, 2.24) is 14.9 Å². The average molecular weight is 289 g/mol. The number of carbonyl (C=O) groups excluding carboxylic acids is 2. The van der Waals surface area contributed by atoms with Gasteiger partial charge in [0.2, 0.25) is 11.8 Å². The van der Waals surface area contributed by atoms with E-state index in [0.717, 1.165) is 22.7 Å². The van der Waals surface area contributed by atoms with E-state index in [1.165, 1.54) is 11.8 Å². The van der Waals surface area contributed by atoms with Gasteiger partial charge in [-0.25, -0.2) is 4.98 Å². The van der Waals surface area contributed by atoms with Gasteiger partial charge in [0, 0.05) is 13.0 Å². The number of nitrogens with one attached hydrogen (secondary N) is 1. The van der Waals surface area contributed by atoms with Gasteiger partial charge in [-0.15, -0.1) is 0 Å². The van der Waals surface area contributed by atoms with Gasteiger partial charge in [0.15, 0.2) is 5.16 Å². The third-order valence-electron chi connectivity index (χ3n) is 3.37. The molecule has 1 atom stereocenters. The van der Waals surface area contributed by atoms with E-state index in [4.69, 9.17) is 0 Å². The number of hydrogen-bond acceptors (Lipinski definition) is 4. The van der Waals surface area contributed by atoms with E-state index in [1.54, 1.807) is 0 Å². The molecule has 1 N–H and O–H groups in total. The van der Waals surface area contributed by atoms with Crippen LogP contribution in [0, 0.1) is 0 Å². The van der Waals surface area contributed by atoms with Gasteiger partial charge in [-0.3, -0.25) is 14.9 Å². The predicted octanol–water partition coefficient (Wildman–Crippen LogP) is 1.95. The molecular formula is C14H15N3O2S. The number of imidazole rings is 1. The molecule has 0 radical (unpaired) electrons. The van der Waals surface area contributed by atoms with Crippen LogP contribution in [0.15, 0.2) is 29.4 Å². The molecule has 1 aromatic heterocycles. The monoisotopic (exact) mass is 289 g/mol. The summed E-state index contributed by atoms with van der Waals surface area (Å²) < 4.78 is 2.10. The van der Waals surface area contributed by atoms with Gasteiger partial charge in [0.25, 0.3) is 0 Å². The number of nitrogens with zero attached hydrogens (tertiary/aromatic N) is 2. The fourth-order valence-electron chi connectivity index (χ4n) is 2.36. The minimum absolute atomic E-state index is 0.184. The molecule has 0 saturated carbocycles. The van der Waals surface area contributed by atoms with Crippen LogP contribution in [-0.2, 0) is 16.1 Å². The number of benzene rings is 1. The van der Waals surface area contributed by atoms with Gasteiger partial charge in [-0.1, -0.05) is 23.9 Å². The predicted molar refractivity (Wildman–Crippen MR) is 77.4 cm³/mol. The first-order valence-electron chi connectivity index (χ1n) is 6.64. The van der Waals surface area contributed by atoms with Crippen molar-refractivity contribution in [1.29, 1.82) is 0 Å². The van der Waals surface area contributed by atoms with Crippen molar-refractivity contribution in [2.24, 2.45) is 0 Å². The molecule has 1 fully saturated rings. The quantitative estimate of drug-likeness (QED) is 0.877. The van der Waals surface area contributed by atoms with Crippen LogP contribution in [0.4, 0.5) is 0 Å². The highest BCUT2D eigenvalue weighted by atomic mass is 32.2. The number of imide groups is 1. The molecule has 2 heterocycles. The van der Waals surface area contributed by atoms with Gasteiger partial charge < -0.3 is 4.57 Å². The van der Waals surface area contributed by atoms with Crippen LogP contribution < -0.4 is 5.32 Å². The first kappa shape index (κ1) is 13.2. The van der Waals surface area contributed by atoms with Gasteiger partial charge >= 0.3 is 0 Å². The van der Waals surface area contributed by atoms with Crippen molar-refractivity contribution in [3.8, 4) is 0 Å². The Kier molecular flexibility index (Phi) is 3.48. The number of para-hydroxylation sites is 2. The zero-order valence-electron chi connectivity index (χ0n) is 11.1. The summed E-state index contributed by atoms with van der Waals surface area (Å²) in [5.74, 6) is -0.392. The first-order chi connectivity index (χ1) is 9.69. The molecule has 1 aliphatic heterocycles. The lowest BCUT2D eigenvalue weighted by molar-refractivity contribution is -0.132. The number of fused-ring (bicyclic) bond motifs is 1. The Morgan fingerprint density at radius 3 is 2.95 bits per heavy atom. The second-order valence-corrected chi connectivity index (χ2v) is 5.85. The molecule has 1 aromatic carbocycles. The summed E-state index contributed by atoms with van der Waals surface area (Å²) in [6.45, 7) is 2.86. The van der Waals surface area contributed by atoms with E-state index in [0.29, 0.717) is 12.8 Å². The number of hydrogen-bond donors (Lipinski definition) is 1. The molecule has 2 amide bonds. The van der Waals surface area contributed by atoms with Gasteiger partial charge in [-0.2, -0.15) is 0 Å². The van der Waals surface area contributed by atoms with E-state index in [-0.39, 0.29) is 17.1 Å². The van der Waals surface area contributed by atoms with Crippen LogP contribution in [0.2, 0.25) is 0 Å². The molecular weight excluding hydrogens is 274 g/mol. The number of thioether (sulfide) groups is 1. The summed E-state index contributed by atoms with van der Waals surface area (Å²) in [7, 11) is 0. The third kappa shape index (κ3) is 2.31. The maximum Gasteiger partial charge on any atom is 0.240 e. The first-order valence-corrected chi connectivity index (χ1v) is 7.52. The zero-order chi connectivity index (χ0) is 14.1. The van der Waals surface area contributed by atoms with Crippen LogP contribution in [0.25, 0.3) is 11.0 Å². The molecule has 1 unspecified atom stereocenters. The largest absolute Gasteiger partial charge is 0.319 e. The smallest absolute Gasteiger partial charge is 0.240 e. The fraction of sp³-hybridized carbons (Fsp3) is 0.357. The van der Waals surface area contributed by atoms with Gasteiger partial charge in [0.1, 0.15) is 0 Å². The number of carbonyl (C=O) groups is 2. The second kappa shape index (κ2) is 5.28. The second-order valence-electron chi connectivity index (χ2n) is 4.68. The number of aryl methyl sites for hydroxylation is 1. The highest BCUT2D eigenvalue weighted by molar-refractivity contribution is 8.00. The van der Waals surface area contributed by atoms with E-state index in [9.17, 15) is 9.59 Å². The molecule has 5 nitrogen and oxygen atoms in total. The molecule has 0 spiro atoms. The average Bonchev–Trinajstić information content (AvgIpc) is 2.79. The Morgan fingerprint density at radius 2 is 2.20 bits per heavy atom. The van der Waals surface area contributed by atoms with Crippen molar-refractivity contribution in [2.45, 2.75) is 36.7 Å². The molecule has 1 aliphatic rings. The summed E-state index contributed by atoms with van der Waals surface area (Å²) in [5, 5.41) is 2.98. The summed E-state index contributed by atoms with van der Waals surface area (Å²) in [4.78, 5) is 27.6. The van der Waals surface area contributed by atoms with Crippen molar-refractivity contribution in [2.75, 3.05) is 0 Å². The van der Waals surface area contributed by atoms with Gasteiger partial charge in [-0.05, 0) is 25.5 Å². The van der Waals surface area contributed by atoms with Crippen molar-refractivity contribution >= 4 is 34.6 Å². The minimum atomic E-state index is -0.241. The normalized spacial score (nSPS) is 19.4. The van der Waals surface area contributed by atoms with E-state index in [2.05, 4.69) is 21.8 Å². The van der Waals surface area contributed by atoms with Crippen LogP contribution in [-0.4, -0.2) is 26.6 Å². The highest BCUT2D eigenvalue weighted by Crippen LogP contribution is 2.30. The molecule has 6 heteroatoms. The van der Waals surface area contributed by atoms with Crippen molar-refractivity contribution in [3.63, 3.8) is 0 Å². The van der Waals surface area contributed by atoms with E-state index >= 15 is 0 Å². The Labute approximate surface area is 120 Å². The fourth-order valence-corrected chi connectivity index (χ4v) is 3.52. The Morgan fingerprint density at radius 1 is 1.40 bits per heavy atom. The van der Waals surface area contributed by atoms with Crippen LogP contribution in [0.1, 0.15) is 19.8 Å². The van der Waals surface area contributed by atoms with E-state index in [1.807, 2.05) is 24.3 Å². The standard InChI is InChI=1S/C14H15N3O2S/c1-2-17-10-6-4-3-5-9(10)15-14(17)20-11-7-8-12(18)16-13(11)19/h3-6,11H,2,7-8H2,1H3,(H,16,18,19). The van der Waals surface area contributed by atoms with Crippen LogP contribution in [0.3, 0.4) is 0 Å². The number of aromatic nitrogens is 2. The molecule has 0 aliphatic carbocycles. The molecule has 20 heavy (non-hydrogen) atoms. The SMILES string of the molecule is CCn1c(SC2CCC(=O)NC2=O)nc2ccccc21. The van der Waals surface area contributed by atoms with Crippen LogP contribution in [0.5, 0.6) is 0 Å². The lowest BCUT2D eigenvalue weighted by Crippen LogP contribution is -2.42. The molecule has 104 valence electrons. The summed E-state index contributed by atoms with van der Waals surface area (Å²) >= 11 is 1.44. The van der Waals surface area contributed by atoms with Crippen molar-refractivity contribution in [3.05, 3.63) is 24.3 Å². The van der Waals surface area contributed by atoms with Gasteiger partial charge in [0.05, 0.1) is 16.3 Å². The minimum Gasteiger partial charge on any atom is -0.319 e. The Balaban J connectivity index is 1.90. The summed E-state index contributed by atoms with van der Waals surface area (Å²) in [5.41, 5.74) is 2.01. The molecule has 1 saturated heterocycles. The summed E-state index contributed by atoms with van der Waals surface area (Å²) in [6, 6.07) is 7.93. The maximum atomic E-state index is 11.8. The highest BCUT2D eigenvalue weighted by Gasteiger charge is 2.29. The zero-order valence-corrected chi connectivity index (χ0v) is 11.9. The number of amides is 2. The number of rotatable bonds is 3. The molecule has 0 bridgehead atoms. The van der Waals surface area contributed by atoms with Crippen molar-refractivity contribution < 1.29 is 9.59 Å². The summed E-state index contributed by atoms with van der Waals surface area (Å²) in [6.07, 6.45) is 0.970. The number of piperidine rings is 1. The Bertz CT molecular complexity index is 680. The third-order valence-corrected chi connectivity index (χ3v) is 4.63. The lowest BCUT2D eigenvalue weighted by Gasteiger charge is -2.20. The van der Waals surface area contributed by atoms with Crippen LogP contribution >= 0.6 is 11.8 Å². The van der Waals surface area contributed by atoms with E-state index < -0.39 is 0 Å². The molecule has 3 rings (SSSR count). The lowest BCUT2D eigenvalue weighted by atomic mass is 10.1. The molecule has 2 aromatic rings. The topological polar surface area (TPSA) is 64.0 Å². The maximum absolute atomic E-state index is 11.8. The Hall–Kier alpha value is -1.82.